The first kappa shape index (κ1) is 20.2. The highest BCUT2D eigenvalue weighted by Crippen LogP contribution is 2.22. The van der Waals surface area contributed by atoms with E-state index < -0.39 is 0 Å². The molecule has 0 saturated carbocycles. The molecule has 0 aliphatic carbocycles. The van der Waals surface area contributed by atoms with Gasteiger partial charge in [-0.2, -0.15) is 0 Å². The van der Waals surface area contributed by atoms with E-state index in [1.54, 1.807) is 11.8 Å². The minimum atomic E-state index is -0.0670. The SMILES string of the molecule is COc1ccc(-n2nnc(C(=O)N3CCCC(C(C)N)C3)c2C)cc1.Cl. The van der Waals surface area contributed by atoms with E-state index in [4.69, 9.17) is 10.5 Å². The molecule has 2 unspecified atom stereocenters. The third-order valence-electron chi connectivity index (χ3n) is 4.90. The maximum Gasteiger partial charge on any atom is 0.276 e. The fraction of sp³-hybridized carbons (Fsp3) is 0.500. The van der Waals surface area contributed by atoms with Crippen molar-refractivity contribution in [1.29, 1.82) is 0 Å². The van der Waals surface area contributed by atoms with Crippen molar-refractivity contribution < 1.29 is 9.53 Å². The molecule has 1 aliphatic rings. The molecule has 0 spiro atoms. The maximum absolute atomic E-state index is 12.9. The van der Waals surface area contributed by atoms with Gasteiger partial charge in [-0.15, -0.1) is 17.5 Å². The van der Waals surface area contributed by atoms with Gasteiger partial charge in [0.05, 0.1) is 18.5 Å². The Balaban J connectivity index is 0.00000243. The number of nitrogens with two attached hydrogens (primary N) is 1. The number of methoxy groups -OCH3 is 1. The first-order chi connectivity index (χ1) is 12.0. The molecule has 26 heavy (non-hydrogen) atoms. The van der Waals surface area contributed by atoms with Crippen LogP contribution in [-0.4, -0.2) is 52.0 Å². The summed E-state index contributed by atoms with van der Waals surface area (Å²) in [5, 5.41) is 8.30. The highest BCUT2D eigenvalue weighted by molar-refractivity contribution is 5.93. The summed E-state index contributed by atoms with van der Waals surface area (Å²) in [6.07, 6.45) is 2.04. The molecule has 0 radical (unpaired) electrons. The van der Waals surface area contributed by atoms with Gasteiger partial charge in [-0.25, -0.2) is 4.68 Å². The normalized spacial score (nSPS) is 18.2. The molecule has 1 aliphatic heterocycles. The van der Waals surface area contributed by atoms with Crippen molar-refractivity contribution >= 4 is 18.3 Å². The molecule has 3 rings (SSSR count). The Labute approximate surface area is 159 Å². The van der Waals surface area contributed by atoms with Gasteiger partial charge in [-0.05, 0) is 56.9 Å². The molecule has 1 aromatic heterocycles. The van der Waals surface area contributed by atoms with Crippen LogP contribution in [0.5, 0.6) is 5.75 Å². The summed E-state index contributed by atoms with van der Waals surface area (Å²) in [7, 11) is 1.63. The zero-order chi connectivity index (χ0) is 18.0. The first-order valence-corrected chi connectivity index (χ1v) is 8.63. The van der Waals surface area contributed by atoms with Crippen molar-refractivity contribution in [3.63, 3.8) is 0 Å². The Morgan fingerprint density at radius 2 is 2.04 bits per heavy atom. The van der Waals surface area contributed by atoms with Crippen molar-refractivity contribution in [3.8, 4) is 11.4 Å². The number of aromatic nitrogens is 3. The van der Waals surface area contributed by atoms with Gasteiger partial charge in [0.2, 0.25) is 0 Å². The Hall–Kier alpha value is -2.12. The lowest BCUT2D eigenvalue weighted by atomic mass is 9.92. The third kappa shape index (κ3) is 3.99. The largest absolute Gasteiger partial charge is 0.497 e. The van der Waals surface area contributed by atoms with Crippen LogP contribution in [0, 0.1) is 12.8 Å². The fourth-order valence-corrected chi connectivity index (χ4v) is 3.27. The zero-order valence-electron chi connectivity index (χ0n) is 15.4. The molecule has 142 valence electrons. The van der Waals surface area contributed by atoms with Crippen LogP contribution >= 0.6 is 12.4 Å². The number of halogens is 1. The van der Waals surface area contributed by atoms with Crippen LogP contribution in [0.25, 0.3) is 5.69 Å². The van der Waals surface area contributed by atoms with E-state index in [2.05, 4.69) is 10.3 Å². The molecule has 1 fully saturated rings. The number of hydrogen-bond donors (Lipinski definition) is 1. The maximum atomic E-state index is 12.9. The van der Waals surface area contributed by atoms with Crippen LogP contribution in [0.2, 0.25) is 0 Å². The Kier molecular flexibility index (Phi) is 6.61. The lowest BCUT2D eigenvalue weighted by Gasteiger charge is -2.34. The molecule has 2 atom stereocenters. The van der Waals surface area contributed by atoms with Gasteiger partial charge in [0, 0.05) is 19.1 Å². The summed E-state index contributed by atoms with van der Waals surface area (Å²) >= 11 is 0. The first-order valence-electron chi connectivity index (χ1n) is 8.63. The summed E-state index contributed by atoms with van der Waals surface area (Å²) < 4.78 is 6.85. The van der Waals surface area contributed by atoms with Crippen molar-refractivity contribution in [3.05, 3.63) is 35.7 Å². The molecule has 1 aromatic carbocycles. The molecular formula is C18H26ClN5O2. The van der Waals surface area contributed by atoms with Crippen molar-refractivity contribution in [2.24, 2.45) is 11.7 Å². The minimum Gasteiger partial charge on any atom is -0.497 e. The van der Waals surface area contributed by atoms with Gasteiger partial charge in [0.1, 0.15) is 5.75 Å². The second-order valence-electron chi connectivity index (χ2n) is 6.65. The van der Waals surface area contributed by atoms with Gasteiger partial charge in [0.25, 0.3) is 5.91 Å². The van der Waals surface area contributed by atoms with Gasteiger partial charge in [-0.1, -0.05) is 5.21 Å². The summed E-state index contributed by atoms with van der Waals surface area (Å²) in [5.41, 5.74) is 8.00. The monoisotopic (exact) mass is 379 g/mol. The number of amides is 1. The second-order valence-corrected chi connectivity index (χ2v) is 6.65. The van der Waals surface area contributed by atoms with Crippen LogP contribution in [-0.2, 0) is 0 Å². The molecular weight excluding hydrogens is 354 g/mol. The fourth-order valence-electron chi connectivity index (χ4n) is 3.27. The topological polar surface area (TPSA) is 86.3 Å². The van der Waals surface area contributed by atoms with Crippen molar-refractivity contribution in [2.45, 2.75) is 32.7 Å². The Morgan fingerprint density at radius 1 is 1.35 bits per heavy atom. The summed E-state index contributed by atoms with van der Waals surface area (Å²) in [6, 6.07) is 7.58. The molecule has 0 bridgehead atoms. The smallest absolute Gasteiger partial charge is 0.276 e. The highest BCUT2D eigenvalue weighted by Gasteiger charge is 2.29. The molecule has 2 N–H and O–H groups in total. The van der Waals surface area contributed by atoms with E-state index in [0.717, 1.165) is 36.5 Å². The third-order valence-corrected chi connectivity index (χ3v) is 4.90. The average molecular weight is 380 g/mol. The number of carbonyl (C=O) groups excluding carboxylic acids is 1. The number of piperidine rings is 1. The van der Waals surface area contributed by atoms with Crippen LogP contribution in [0.4, 0.5) is 0 Å². The molecule has 2 aromatic rings. The summed E-state index contributed by atoms with van der Waals surface area (Å²) in [6.45, 7) is 5.30. The molecule has 7 nitrogen and oxygen atoms in total. The van der Waals surface area contributed by atoms with Crippen molar-refractivity contribution in [2.75, 3.05) is 20.2 Å². The number of nitrogens with zero attached hydrogens (tertiary/aromatic N) is 4. The molecule has 1 saturated heterocycles. The number of carbonyl (C=O) groups is 1. The molecule has 2 heterocycles. The number of ether oxygens (including phenoxy) is 1. The second kappa shape index (κ2) is 8.51. The van der Waals surface area contributed by atoms with E-state index >= 15 is 0 Å². The number of benzene rings is 1. The quantitative estimate of drug-likeness (QED) is 0.880. The lowest BCUT2D eigenvalue weighted by molar-refractivity contribution is 0.0654. The molecule has 8 heteroatoms. The molecule has 1 amide bonds. The van der Waals surface area contributed by atoms with Gasteiger partial charge < -0.3 is 15.4 Å². The lowest BCUT2D eigenvalue weighted by Crippen LogP contribution is -2.45. The van der Waals surface area contributed by atoms with E-state index in [1.807, 2.05) is 43.0 Å². The number of rotatable bonds is 4. The Morgan fingerprint density at radius 3 is 2.65 bits per heavy atom. The van der Waals surface area contributed by atoms with E-state index in [-0.39, 0.29) is 24.4 Å². The van der Waals surface area contributed by atoms with Crippen LogP contribution in [0.1, 0.15) is 35.9 Å². The van der Waals surface area contributed by atoms with Gasteiger partial charge >= 0.3 is 0 Å². The predicted octanol–water partition coefficient (Wildman–Crippen LogP) is 2.21. The van der Waals surface area contributed by atoms with Crippen LogP contribution in [0.3, 0.4) is 0 Å². The van der Waals surface area contributed by atoms with Crippen LogP contribution < -0.4 is 10.5 Å². The van der Waals surface area contributed by atoms with Crippen LogP contribution in [0.15, 0.2) is 24.3 Å². The van der Waals surface area contributed by atoms with Gasteiger partial charge in [0.15, 0.2) is 5.69 Å². The average Bonchev–Trinajstić information content (AvgIpc) is 3.02. The minimum absolute atomic E-state index is 0. The van der Waals surface area contributed by atoms with Gasteiger partial charge in [-0.3, -0.25) is 4.79 Å². The Bertz CT molecular complexity index is 745. The van der Waals surface area contributed by atoms with E-state index in [0.29, 0.717) is 18.2 Å². The van der Waals surface area contributed by atoms with E-state index in [9.17, 15) is 4.79 Å². The summed E-state index contributed by atoms with van der Waals surface area (Å²) in [4.78, 5) is 14.7. The number of likely N-dealkylation sites (tertiary alicyclic amines) is 1. The predicted molar refractivity (Wildman–Crippen MR) is 102 cm³/mol. The highest BCUT2D eigenvalue weighted by atomic mass is 35.5. The van der Waals surface area contributed by atoms with Crippen molar-refractivity contribution in [1.82, 2.24) is 19.9 Å². The zero-order valence-corrected chi connectivity index (χ0v) is 16.2. The standard InChI is InChI=1S/C18H25N5O2.ClH/c1-12(19)14-5-4-10-22(11-14)18(24)17-13(2)23(21-20-17)15-6-8-16(25-3)9-7-15;/h6-9,12,14H,4-5,10-11,19H2,1-3H3;1H. The van der Waals surface area contributed by atoms with E-state index in [1.165, 1.54) is 0 Å². The summed E-state index contributed by atoms with van der Waals surface area (Å²) in [5.74, 6) is 1.05. The number of hydrogen-bond acceptors (Lipinski definition) is 5.